The minimum atomic E-state index is -0.0510. The molecule has 2 aromatic heterocycles. The normalized spacial score (nSPS) is 19.1. The second-order valence-corrected chi connectivity index (χ2v) is 9.87. The van der Waals surface area contributed by atoms with Gasteiger partial charge in [0.2, 0.25) is 5.91 Å². The zero-order valence-electron chi connectivity index (χ0n) is 19.9. The Hall–Kier alpha value is -2.71. The van der Waals surface area contributed by atoms with Gasteiger partial charge in [0.1, 0.15) is 5.52 Å². The number of hydrogen-bond acceptors (Lipinski definition) is 6. The summed E-state index contributed by atoms with van der Waals surface area (Å²) >= 11 is 6.08. The fraction of sp³-hybridized carbons (Fsp3) is 0.520. The second-order valence-electron chi connectivity index (χ2n) is 9.43. The highest BCUT2D eigenvalue weighted by atomic mass is 35.5. The van der Waals surface area contributed by atoms with E-state index in [1.54, 1.807) is 0 Å². The molecule has 4 heterocycles. The smallest absolute Gasteiger partial charge is 0.224 e. The number of piperidine rings is 1. The van der Waals surface area contributed by atoms with Gasteiger partial charge in [0, 0.05) is 31.2 Å². The van der Waals surface area contributed by atoms with E-state index in [-0.39, 0.29) is 11.8 Å². The van der Waals surface area contributed by atoms with Crippen molar-refractivity contribution >= 4 is 34.2 Å². The van der Waals surface area contributed by atoms with Gasteiger partial charge >= 0.3 is 0 Å². The highest BCUT2D eigenvalue weighted by molar-refractivity contribution is 6.30. The lowest BCUT2D eigenvalue weighted by atomic mass is 9.97. The summed E-state index contributed by atoms with van der Waals surface area (Å²) < 4.78 is 1.92. The minimum absolute atomic E-state index is 0.0510. The van der Waals surface area contributed by atoms with Crippen LogP contribution in [0.15, 0.2) is 24.3 Å². The van der Waals surface area contributed by atoms with Crippen LogP contribution in [0.2, 0.25) is 5.02 Å². The monoisotopic (exact) mass is 481 g/mol. The van der Waals surface area contributed by atoms with Crippen LogP contribution in [0, 0.1) is 19.8 Å². The largest absolute Gasteiger partial charge is 0.355 e. The van der Waals surface area contributed by atoms with E-state index in [9.17, 15) is 4.79 Å². The van der Waals surface area contributed by atoms with Crippen molar-refractivity contribution in [3.63, 3.8) is 0 Å². The number of anilines is 1. The maximum absolute atomic E-state index is 12.9. The maximum Gasteiger partial charge on any atom is 0.224 e. The highest BCUT2D eigenvalue weighted by Crippen LogP contribution is 2.31. The van der Waals surface area contributed by atoms with Crippen LogP contribution in [0.3, 0.4) is 0 Å². The first-order chi connectivity index (χ1) is 16.5. The van der Waals surface area contributed by atoms with Gasteiger partial charge in [-0.25, -0.2) is 4.68 Å². The Morgan fingerprint density at radius 3 is 2.62 bits per heavy atom. The van der Waals surface area contributed by atoms with Crippen molar-refractivity contribution in [3.8, 4) is 5.69 Å². The summed E-state index contributed by atoms with van der Waals surface area (Å²) in [7, 11) is 0. The first kappa shape index (κ1) is 23.1. The summed E-state index contributed by atoms with van der Waals surface area (Å²) in [4.78, 5) is 17.5. The summed E-state index contributed by atoms with van der Waals surface area (Å²) in [5.74, 6) is 0.846. The van der Waals surface area contributed by atoms with Crippen molar-refractivity contribution in [2.24, 2.45) is 5.92 Å². The number of carbonyl (C=O) groups excluding carboxylic acids is 1. The number of likely N-dealkylation sites (tertiary alicyclic amines) is 1. The molecule has 0 saturated carbocycles. The van der Waals surface area contributed by atoms with Crippen molar-refractivity contribution < 1.29 is 4.79 Å². The predicted molar refractivity (Wildman–Crippen MR) is 135 cm³/mol. The van der Waals surface area contributed by atoms with Crippen LogP contribution in [0.25, 0.3) is 16.6 Å². The quantitative estimate of drug-likeness (QED) is 0.580. The summed E-state index contributed by atoms with van der Waals surface area (Å²) in [6, 6.07) is 7.65. The average Bonchev–Trinajstić information content (AvgIpc) is 3.48. The third-order valence-corrected chi connectivity index (χ3v) is 7.33. The maximum atomic E-state index is 12.9. The number of aryl methyl sites for hydroxylation is 2. The van der Waals surface area contributed by atoms with Crippen molar-refractivity contribution in [3.05, 3.63) is 40.7 Å². The number of hydrogen-bond donors (Lipinski definition) is 1. The van der Waals surface area contributed by atoms with Gasteiger partial charge in [-0.05, 0) is 76.9 Å². The number of aromatic nitrogens is 4. The van der Waals surface area contributed by atoms with E-state index in [1.165, 1.54) is 12.8 Å². The molecule has 2 aliphatic rings. The number of benzene rings is 1. The van der Waals surface area contributed by atoms with Crippen LogP contribution in [-0.4, -0.2) is 70.1 Å². The number of fused-ring (bicyclic) bond motifs is 1. The van der Waals surface area contributed by atoms with Crippen LogP contribution in [0.1, 0.15) is 37.1 Å². The highest BCUT2D eigenvalue weighted by Gasteiger charge is 2.29. The Morgan fingerprint density at radius 1 is 1.09 bits per heavy atom. The molecule has 0 spiro atoms. The Morgan fingerprint density at radius 2 is 1.85 bits per heavy atom. The standard InChI is InChI=1S/C25H32ClN7O/c1-17-22-18(2)33(21-9-7-20(26)8-10-21)30-23(22)24(29-28-17)32-14-5-6-19(16-32)25(34)27-11-15-31-12-3-4-13-31/h7-10,19H,3-6,11-16H2,1-2H3,(H,27,34)/t19-/m0/s1. The van der Waals surface area contributed by atoms with Gasteiger partial charge in [-0.3, -0.25) is 4.79 Å². The number of nitrogens with zero attached hydrogens (tertiary/aromatic N) is 6. The number of nitrogens with one attached hydrogen (secondary N) is 1. The molecule has 5 rings (SSSR count). The van der Waals surface area contributed by atoms with Gasteiger partial charge in [-0.15, -0.1) is 5.10 Å². The Bertz CT molecular complexity index is 1170. The average molecular weight is 482 g/mol. The van der Waals surface area contributed by atoms with E-state index in [0.717, 1.165) is 72.8 Å². The van der Waals surface area contributed by atoms with Crippen LogP contribution >= 0.6 is 11.6 Å². The fourth-order valence-corrected chi connectivity index (χ4v) is 5.36. The Kier molecular flexibility index (Phi) is 6.70. The summed E-state index contributed by atoms with van der Waals surface area (Å²) in [5, 5.41) is 18.8. The third kappa shape index (κ3) is 4.61. The molecule has 1 aromatic carbocycles. The van der Waals surface area contributed by atoms with Crippen LogP contribution in [0.4, 0.5) is 5.82 Å². The van der Waals surface area contributed by atoms with Crippen LogP contribution in [0.5, 0.6) is 0 Å². The van der Waals surface area contributed by atoms with Crippen LogP contribution < -0.4 is 10.2 Å². The predicted octanol–water partition coefficient (Wildman–Crippen LogP) is 3.51. The Labute approximate surface area is 205 Å². The SMILES string of the molecule is Cc1nnc(N2CCC[C@H](C(=O)NCCN3CCCC3)C2)c2nn(-c3ccc(Cl)cc3)c(C)c12. The van der Waals surface area contributed by atoms with E-state index >= 15 is 0 Å². The lowest BCUT2D eigenvalue weighted by molar-refractivity contribution is -0.125. The van der Waals surface area contributed by atoms with Gasteiger partial charge in [-0.1, -0.05) is 11.6 Å². The van der Waals surface area contributed by atoms with E-state index < -0.39 is 0 Å². The van der Waals surface area contributed by atoms with Crippen molar-refractivity contribution in [2.45, 2.75) is 39.5 Å². The molecule has 0 radical (unpaired) electrons. The zero-order chi connectivity index (χ0) is 23.7. The molecule has 1 atom stereocenters. The van der Waals surface area contributed by atoms with E-state index in [1.807, 2.05) is 35.9 Å². The van der Waals surface area contributed by atoms with Crippen molar-refractivity contribution in [2.75, 3.05) is 44.2 Å². The second kappa shape index (κ2) is 9.88. The molecule has 2 fully saturated rings. The number of rotatable bonds is 6. The van der Waals surface area contributed by atoms with E-state index in [4.69, 9.17) is 16.7 Å². The lowest BCUT2D eigenvalue weighted by Crippen LogP contribution is -2.45. The number of amides is 1. The topological polar surface area (TPSA) is 79.2 Å². The lowest BCUT2D eigenvalue weighted by Gasteiger charge is -2.32. The molecular formula is C25H32ClN7O. The number of carbonyl (C=O) groups is 1. The summed E-state index contributed by atoms with van der Waals surface area (Å²) in [5.41, 5.74) is 3.64. The van der Waals surface area contributed by atoms with Crippen molar-refractivity contribution in [1.82, 2.24) is 30.2 Å². The third-order valence-electron chi connectivity index (χ3n) is 7.07. The molecule has 180 valence electrons. The van der Waals surface area contributed by atoms with E-state index in [2.05, 4.69) is 32.2 Å². The molecule has 2 aliphatic heterocycles. The summed E-state index contributed by atoms with van der Waals surface area (Å²) in [6.07, 6.45) is 4.38. The molecule has 34 heavy (non-hydrogen) atoms. The molecule has 1 N–H and O–H groups in total. The molecule has 1 amide bonds. The fourth-order valence-electron chi connectivity index (χ4n) is 5.23. The first-order valence-corrected chi connectivity index (χ1v) is 12.6. The molecule has 0 aliphatic carbocycles. The Balaban J connectivity index is 1.35. The zero-order valence-corrected chi connectivity index (χ0v) is 20.7. The molecule has 8 nitrogen and oxygen atoms in total. The number of halogens is 1. The van der Waals surface area contributed by atoms with Crippen LogP contribution in [-0.2, 0) is 4.79 Å². The molecule has 2 saturated heterocycles. The van der Waals surface area contributed by atoms with Crippen molar-refractivity contribution in [1.29, 1.82) is 0 Å². The summed E-state index contributed by atoms with van der Waals surface area (Å²) in [6.45, 7) is 9.45. The first-order valence-electron chi connectivity index (χ1n) is 12.2. The molecular weight excluding hydrogens is 450 g/mol. The van der Waals surface area contributed by atoms with Gasteiger partial charge in [-0.2, -0.15) is 10.2 Å². The molecule has 0 bridgehead atoms. The van der Waals surface area contributed by atoms with Gasteiger partial charge in [0.15, 0.2) is 5.82 Å². The van der Waals surface area contributed by atoms with E-state index in [0.29, 0.717) is 18.1 Å². The molecule has 9 heteroatoms. The van der Waals surface area contributed by atoms with Gasteiger partial charge in [0.25, 0.3) is 0 Å². The molecule has 3 aromatic rings. The van der Waals surface area contributed by atoms with Gasteiger partial charge < -0.3 is 15.1 Å². The molecule has 0 unspecified atom stereocenters. The van der Waals surface area contributed by atoms with Gasteiger partial charge in [0.05, 0.1) is 28.4 Å². The minimum Gasteiger partial charge on any atom is -0.355 e.